The highest BCUT2D eigenvalue weighted by molar-refractivity contribution is 6.09. The fourth-order valence-corrected chi connectivity index (χ4v) is 0. The van der Waals surface area contributed by atoms with Crippen LogP contribution in [0.4, 0.5) is 0 Å². The molecule has 0 radical (unpaired) electrons. The highest BCUT2D eigenvalue weighted by atomic mass is 16.2. The van der Waals surface area contributed by atoms with Crippen LogP contribution in [-0.2, 0) is 14.4 Å². The molecular formula is C4H6O3. The van der Waals surface area contributed by atoms with Gasteiger partial charge in [0, 0.05) is 0 Å². The standard InChI is InChI=1S/C2H2O2.C2H4O/c3-1-2-4;1-2-3/h1-2H;2H,1H3. The van der Waals surface area contributed by atoms with Crippen LogP contribution in [0.2, 0.25) is 0 Å². The molecule has 0 aromatic heterocycles. The molecule has 7 heavy (non-hydrogen) atoms. The number of hydrogen-bond donors (Lipinski definition) is 0. The maximum Gasteiger partial charge on any atom is 0.182 e. The quantitative estimate of drug-likeness (QED) is 0.334. The van der Waals surface area contributed by atoms with Gasteiger partial charge < -0.3 is 4.79 Å². The van der Waals surface area contributed by atoms with Gasteiger partial charge in [-0.25, -0.2) is 0 Å². The van der Waals surface area contributed by atoms with Gasteiger partial charge in [-0.3, -0.25) is 9.59 Å². The highest BCUT2D eigenvalue weighted by Gasteiger charge is 1.47. The van der Waals surface area contributed by atoms with Gasteiger partial charge in [0.05, 0.1) is 0 Å². The SMILES string of the molecule is CC=O.O=CC=O. The summed E-state index contributed by atoms with van der Waals surface area (Å²) in [5.74, 6) is 0. The first-order valence-corrected chi connectivity index (χ1v) is 1.62. The van der Waals surface area contributed by atoms with Crippen molar-refractivity contribution in [1.29, 1.82) is 0 Å². The minimum Gasteiger partial charge on any atom is -0.304 e. The van der Waals surface area contributed by atoms with Crippen molar-refractivity contribution in [1.82, 2.24) is 0 Å². The van der Waals surface area contributed by atoms with Gasteiger partial charge in [-0.2, -0.15) is 0 Å². The van der Waals surface area contributed by atoms with Gasteiger partial charge in [0.15, 0.2) is 12.6 Å². The van der Waals surface area contributed by atoms with Gasteiger partial charge in [-0.15, -0.1) is 0 Å². The highest BCUT2D eigenvalue weighted by Crippen LogP contribution is 1.13. The van der Waals surface area contributed by atoms with Crippen molar-refractivity contribution < 1.29 is 14.4 Å². The van der Waals surface area contributed by atoms with E-state index in [0.29, 0.717) is 0 Å². The molecule has 0 amide bonds. The van der Waals surface area contributed by atoms with Crippen LogP contribution in [0.1, 0.15) is 6.92 Å². The summed E-state index contributed by atoms with van der Waals surface area (Å²) in [6.07, 6.45) is 1.14. The summed E-state index contributed by atoms with van der Waals surface area (Å²) in [5.41, 5.74) is 0. The third kappa shape index (κ3) is 454000. The molecule has 0 heterocycles. The Morgan fingerprint density at radius 1 is 1.00 bits per heavy atom. The van der Waals surface area contributed by atoms with E-state index < -0.39 is 0 Å². The minimum atomic E-state index is 0.194. The first-order chi connectivity index (χ1) is 3.33. The van der Waals surface area contributed by atoms with Gasteiger partial charge in [0.25, 0.3) is 0 Å². The van der Waals surface area contributed by atoms with Crippen LogP contribution in [0, 0.1) is 0 Å². The van der Waals surface area contributed by atoms with Gasteiger partial charge in [-0.05, 0) is 6.92 Å². The molecule has 0 spiro atoms. The minimum absolute atomic E-state index is 0.194. The maximum absolute atomic E-state index is 8.81. The molecule has 0 N–H and O–H groups in total. The van der Waals surface area contributed by atoms with Gasteiger partial charge in [0.1, 0.15) is 6.29 Å². The molecule has 3 nitrogen and oxygen atoms in total. The second kappa shape index (κ2) is 19.9. The molecule has 0 saturated carbocycles. The van der Waals surface area contributed by atoms with E-state index in [1.165, 1.54) is 6.92 Å². The summed E-state index contributed by atoms with van der Waals surface area (Å²) in [4.78, 5) is 26.4. The van der Waals surface area contributed by atoms with Crippen LogP contribution in [0.3, 0.4) is 0 Å². The third-order valence-corrected chi connectivity index (χ3v) is 0.0556. The molecule has 0 aromatic rings. The van der Waals surface area contributed by atoms with Crippen LogP contribution in [0.5, 0.6) is 0 Å². The zero-order valence-corrected chi connectivity index (χ0v) is 3.96. The van der Waals surface area contributed by atoms with Crippen molar-refractivity contribution in [2.45, 2.75) is 6.92 Å². The zero-order chi connectivity index (χ0) is 6.12. The Balaban J connectivity index is 0. The predicted octanol–water partition coefficient (Wildman–Crippen LogP) is -0.411. The van der Waals surface area contributed by atoms with E-state index in [1.54, 1.807) is 0 Å². The van der Waals surface area contributed by atoms with Crippen molar-refractivity contribution in [3.63, 3.8) is 0 Å². The fraction of sp³-hybridized carbons (Fsp3) is 0.250. The Morgan fingerprint density at radius 3 is 1.14 bits per heavy atom. The van der Waals surface area contributed by atoms with Gasteiger partial charge >= 0.3 is 0 Å². The van der Waals surface area contributed by atoms with Crippen LogP contribution >= 0.6 is 0 Å². The average molecular weight is 102 g/mol. The third-order valence-electron chi connectivity index (χ3n) is 0.0556. The van der Waals surface area contributed by atoms with Crippen LogP contribution < -0.4 is 0 Å². The number of aldehydes is 3. The molecule has 0 aromatic carbocycles. The molecule has 0 bridgehead atoms. The smallest absolute Gasteiger partial charge is 0.182 e. The van der Waals surface area contributed by atoms with Crippen molar-refractivity contribution in [2.24, 2.45) is 0 Å². The van der Waals surface area contributed by atoms with Gasteiger partial charge in [-0.1, -0.05) is 0 Å². The molecule has 40 valence electrons. The molecule has 0 aliphatic carbocycles. The van der Waals surface area contributed by atoms with Crippen LogP contribution in [-0.4, -0.2) is 18.9 Å². The topological polar surface area (TPSA) is 51.2 Å². The second-order valence-electron chi connectivity index (χ2n) is 0.508. The van der Waals surface area contributed by atoms with Crippen molar-refractivity contribution in [2.75, 3.05) is 0 Å². The Bertz CT molecular complexity index is 52.0. The van der Waals surface area contributed by atoms with E-state index in [4.69, 9.17) is 14.4 Å². The maximum atomic E-state index is 8.81. The lowest BCUT2D eigenvalue weighted by Crippen LogP contribution is -1.62. The molecule has 0 rings (SSSR count). The fourth-order valence-electron chi connectivity index (χ4n) is 0. The predicted molar refractivity (Wildman–Crippen MR) is 23.9 cm³/mol. The van der Waals surface area contributed by atoms with E-state index in [1.807, 2.05) is 0 Å². The Morgan fingerprint density at radius 2 is 1.14 bits per heavy atom. The zero-order valence-electron chi connectivity index (χ0n) is 3.96. The Kier molecular flexibility index (Phi) is 26.7. The molecule has 3 heteroatoms. The summed E-state index contributed by atoms with van der Waals surface area (Å²) in [6.45, 7) is 1.44. The number of rotatable bonds is 1. The summed E-state index contributed by atoms with van der Waals surface area (Å²) in [5, 5.41) is 0. The van der Waals surface area contributed by atoms with Crippen molar-refractivity contribution >= 4 is 18.9 Å². The summed E-state index contributed by atoms with van der Waals surface area (Å²) in [7, 11) is 0. The molecule has 0 aliphatic rings. The van der Waals surface area contributed by atoms with Crippen molar-refractivity contribution in [3.05, 3.63) is 0 Å². The van der Waals surface area contributed by atoms with E-state index in [0.717, 1.165) is 6.29 Å². The number of hydrogen-bond acceptors (Lipinski definition) is 3. The largest absolute Gasteiger partial charge is 0.304 e. The normalized spacial score (nSPS) is 4.71. The summed E-state index contributed by atoms with van der Waals surface area (Å²) in [6, 6.07) is 0. The second-order valence-corrected chi connectivity index (χ2v) is 0.508. The van der Waals surface area contributed by atoms with Crippen molar-refractivity contribution in [3.8, 4) is 0 Å². The molecule has 0 unspecified atom stereocenters. The molecule has 0 atom stereocenters. The van der Waals surface area contributed by atoms with Crippen LogP contribution in [0.25, 0.3) is 0 Å². The summed E-state index contributed by atoms with van der Waals surface area (Å²) >= 11 is 0. The van der Waals surface area contributed by atoms with Crippen LogP contribution in [0.15, 0.2) is 0 Å². The lowest BCUT2D eigenvalue weighted by molar-refractivity contribution is -0.122. The van der Waals surface area contributed by atoms with E-state index >= 15 is 0 Å². The first-order valence-electron chi connectivity index (χ1n) is 1.62. The Labute approximate surface area is 41.3 Å². The first kappa shape index (κ1) is 9.38. The molecule has 0 fully saturated rings. The number of carbonyl (C=O) groups is 3. The average Bonchev–Trinajstić information content (AvgIpc) is 1.69. The molecule has 0 saturated heterocycles. The lowest BCUT2D eigenvalue weighted by Gasteiger charge is -1.31. The lowest BCUT2D eigenvalue weighted by atomic mass is 10.9. The summed E-state index contributed by atoms with van der Waals surface area (Å²) < 4.78 is 0. The molecular weight excluding hydrogens is 96.0 g/mol. The van der Waals surface area contributed by atoms with E-state index in [-0.39, 0.29) is 12.6 Å². The van der Waals surface area contributed by atoms with E-state index in [2.05, 4.69) is 0 Å². The number of carbonyl (C=O) groups excluding carboxylic acids is 3. The molecule has 0 aliphatic heterocycles. The monoisotopic (exact) mass is 102 g/mol. The van der Waals surface area contributed by atoms with Gasteiger partial charge in [0.2, 0.25) is 0 Å². The van der Waals surface area contributed by atoms with E-state index in [9.17, 15) is 0 Å². The Hall–Kier alpha value is -0.990.